The van der Waals surface area contributed by atoms with Gasteiger partial charge in [0, 0.05) is 30.4 Å². The standard InChI is InChI=1S/C11H16N2O2/c1-8-5-9(6-13-11(8)14-2)10-7-12-3-4-15-10/h5-6,10,12H,3-4,7H2,1-2H3. The summed E-state index contributed by atoms with van der Waals surface area (Å²) < 4.78 is 10.8. The van der Waals surface area contributed by atoms with E-state index >= 15 is 0 Å². The summed E-state index contributed by atoms with van der Waals surface area (Å²) >= 11 is 0. The summed E-state index contributed by atoms with van der Waals surface area (Å²) in [5.41, 5.74) is 2.16. The molecule has 82 valence electrons. The van der Waals surface area contributed by atoms with Crippen LogP contribution in [-0.2, 0) is 4.74 Å². The van der Waals surface area contributed by atoms with Crippen LogP contribution in [0.3, 0.4) is 0 Å². The maximum absolute atomic E-state index is 5.65. The normalized spacial score (nSPS) is 21.3. The number of hydrogen-bond donors (Lipinski definition) is 1. The van der Waals surface area contributed by atoms with E-state index < -0.39 is 0 Å². The Morgan fingerprint density at radius 2 is 2.47 bits per heavy atom. The fourth-order valence-corrected chi connectivity index (χ4v) is 1.75. The molecule has 2 heterocycles. The molecule has 0 radical (unpaired) electrons. The number of hydrogen-bond acceptors (Lipinski definition) is 4. The number of pyridine rings is 1. The predicted octanol–water partition coefficient (Wildman–Crippen LogP) is 1.06. The van der Waals surface area contributed by atoms with Crippen molar-refractivity contribution in [1.29, 1.82) is 0 Å². The monoisotopic (exact) mass is 208 g/mol. The highest BCUT2D eigenvalue weighted by Crippen LogP contribution is 2.22. The van der Waals surface area contributed by atoms with Gasteiger partial charge in [0.2, 0.25) is 5.88 Å². The Balaban J connectivity index is 2.17. The highest BCUT2D eigenvalue weighted by atomic mass is 16.5. The first-order valence-electron chi connectivity index (χ1n) is 5.14. The number of ether oxygens (including phenoxy) is 2. The topological polar surface area (TPSA) is 43.4 Å². The molecule has 0 aromatic carbocycles. The van der Waals surface area contributed by atoms with Gasteiger partial charge < -0.3 is 14.8 Å². The second-order valence-electron chi connectivity index (χ2n) is 3.66. The van der Waals surface area contributed by atoms with Crippen LogP contribution in [0.15, 0.2) is 12.3 Å². The Morgan fingerprint density at radius 1 is 1.60 bits per heavy atom. The van der Waals surface area contributed by atoms with Crippen LogP contribution < -0.4 is 10.1 Å². The van der Waals surface area contributed by atoms with E-state index in [2.05, 4.69) is 16.4 Å². The molecule has 1 aliphatic rings. The number of aromatic nitrogens is 1. The molecule has 1 saturated heterocycles. The fraction of sp³-hybridized carbons (Fsp3) is 0.545. The van der Waals surface area contributed by atoms with E-state index in [0.29, 0.717) is 5.88 Å². The lowest BCUT2D eigenvalue weighted by Gasteiger charge is -2.24. The first kappa shape index (κ1) is 10.4. The number of aryl methyl sites for hydroxylation is 1. The van der Waals surface area contributed by atoms with Crippen LogP contribution in [0.1, 0.15) is 17.2 Å². The molecule has 1 fully saturated rings. The van der Waals surface area contributed by atoms with Crippen LogP contribution in [0.2, 0.25) is 0 Å². The van der Waals surface area contributed by atoms with E-state index in [9.17, 15) is 0 Å². The molecule has 1 unspecified atom stereocenters. The molecule has 0 aliphatic carbocycles. The Hall–Kier alpha value is -1.13. The van der Waals surface area contributed by atoms with E-state index in [-0.39, 0.29) is 6.10 Å². The summed E-state index contributed by atoms with van der Waals surface area (Å²) in [6, 6.07) is 2.07. The third-order valence-electron chi connectivity index (χ3n) is 2.54. The Kier molecular flexibility index (Phi) is 3.18. The van der Waals surface area contributed by atoms with Crippen molar-refractivity contribution in [1.82, 2.24) is 10.3 Å². The quantitative estimate of drug-likeness (QED) is 0.789. The predicted molar refractivity (Wildman–Crippen MR) is 57.1 cm³/mol. The van der Waals surface area contributed by atoms with Crippen LogP contribution in [0.4, 0.5) is 0 Å². The molecule has 1 atom stereocenters. The van der Waals surface area contributed by atoms with Gasteiger partial charge in [-0.25, -0.2) is 4.98 Å². The average Bonchev–Trinajstić information content (AvgIpc) is 2.30. The molecule has 1 aromatic rings. The number of nitrogens with zero attached hydrogens (tertiary/aromatic N) is 1. The molecule has 0 amide bonds. The van der Waals surface area contributed by atoms with Gasteiger partial charge in [0.05, 0.1) is 19.8 Å². The number of rotatable bonds is 2. The summed E-state index contributed by atoms with van der Waals surface area (Å²) in [6.07, 6.45) is 1.94. The lowest BCUT2D eigenvalue weighted by Crippen LogP contribution is -2.33. The van der Waals surface area contributed by atoms with Gasteiger partial charge in [0.25, 0.3) is 0 Å². The minimum absolute atomic E-state index is 0.121. The second kappa shape index (κ2) is 4.59. The van der Waals surface area contributed by atoms with Gasteiger partial charge in [-0.05, 0) is 13.0 Å². The molecular formula is C11H16N2O2. The van der Waals surface area contributed by atoms with Gasteiger partial charge in [-0.15, -0.1) is 0 Å². The highest BCUT2D eigenvalue weighted by molar-refractivity contribution is 5.29. The second-order valence-corrected chi connectivity index (χ2v) is 3.66. The van der Waals surface area contributed by atoms with Crippen molar-refractivity contribution in [3.8, 4) is 5.88 Å². The largest absolute Gasteiger partial charge is 0.481 e. The van der Waals surface area contributed by atoms with E-state index in [1.807, 2.05) is 13.1 Å². The zero-order valence-corrected chi connectivity index (χ0v) is 9.12. The lowest BCUT2D eigenvalue weighted by atomic mass is 10.1. The number of nitrogens with one attached hydrogen (secondary N) is 1. The minimum atomic E-state index is 0.121. The summed E-state index contributed by atoms with van der Waals surface area (Å²) in [5.74, 6) is 0.683. The van der Waals surface area contributed by atoms with Gasteiger partial charge in [-0.1, -0.05) is 0 Å². The molecule has 0 bridgehead atoms. The van der Waals surface area contributed by atoms with Crippen molar-refractivity contribution >= 4 is 0 Å². The maximum atomic E-state index is 5.65. The maximum Gasteiger partial charge on any atom is 0.215 e. The van der Waals surface area contributed by atoms with E-state index in [1.54, 1.807) is 7.11 Å². The number of morpholine rings is 1. The van der Waals surface area contributed by atoms with Crippen LogP contribution in [0.25, 0.3) is 0 Å². The summed E-state index contributed by atoms with van der Waals surface area (Å²) in [7, 11) is 1.63. The number of methoxy groups -OCH3 is 1. The first-order valence-corrected chi connectivity index (χ1v) is 5.14. The molecular weight excluding hydrogens is 192 g/mol. The van der Waals surface area contributed by atoms with E-state index in [0.717, 1.165) is 30.8 Å². The van der Waals surface area contributed by atoms with Crippen LogP contribution in [0.5, 0.6) is 5.88 Å². The molecule has 0 saturated carbocycles. The highest BCUT2D eigenvalue weighted by Gasteiger charge is 2.16. The van der Waals surface area contributed by atoms with Crippen molar-refractivity contribution in [2.45, 2.75) is 13.0 Å². The van der Waals surface area contributed by atoms with Crippen molar-refractivity contribution < 1.29 is 9.47 Å². The Morgan fingerprint density at radius 3 is 3.07 bits per heavy atom. The van der Waals surface area contributed by atoms with Crippen molar-refractivity contribution in [3.63, 3.8) is 0 Å². The molecule has 1 aliphatic heterocycles. The summed E-state index contributed by atoms with van der Waals surface area (Å²) in [5, 5.41) is 3.30. The van der Waals surface area contributed by atoms with Gasteiger partial charge in [0.15, 0.2) is 0 Å². The molecule has 1 aromatic heterocycles. The van der Waals surface area contributed by atoms with Gasteiger partial charge >= 0.3 is 0 Å². The Labute approximate surface area is 89.6 Å². The SMILES string of the molecule is COc1ncc(C2CNCCO2)cc1C. The van der Waals surface area contributed by atoms with Gasteiger partial charge in [-0.2, -0.15) is 0 Å². The minimum Gasteiger partial charge on any atom is -0.481 e. The van der Waals surface area contributed by atoms with Gasteiger partial charge in [0.1, 0.15) is 0 Å². The van der Waals surface area contributed by atoms with Crippen LogP contribution in [0, 0.1) is 6.92 Å². The third-order valence-corrected chi connectivity index (χ3v) is 2.54. The molecule has 4 heteroatoms. The van der Waals surface area contributed by atoms with Gasteiger partial charge in [-0.3, -0.25) is 0 Å². The van der Waals surface area contributed by atoms with Crippen LogP contribution >= 0.6 is 0 Å². The zero-order chi connectivity index (χ0) is 10.7. The van der Waals surface area contributed by atoms with E-state index in [4.69, 9.17) is 9.47 Å². The summed E-state index contributed by atoms with van der Waals surface area (Å²) in [4.78, 5) is 4.24. The third kappa shape index (κ3) is 2.27. The molecule has 1 N–H and O–H groups in total. The van der Waals surface area contributed by atoms with Crippen LogP contribution in [-0.4, -0.2) is 31.8 Å². The molecule has 15 heavy (non-hydrogen) atoms. The molecule has 4 nitrogen and oxygen atoms in total. The van der Waals surface area contributed by atoms with Crippen molar-refractivity contribution in [3.05, 3.63) is 23.4 Å². The smallest absolute Gasteiger partial charge is 0.215 e. The fourth-order valence-electron chi connectivity index (χ4n) is 1.75. The summed E-state index contributed by atoms with van der Waals surface area (Å²) in [6.45, 7) is 4.54. The Bertz CT molecular complexity index is 335. The van der Waals surface area contributed by atoms with E-state index in [1.165, 1.54) is 0 Å². The lowest BCUT2D eigenvalue weighted by molar-refractivity contribution is 0.0274. The van der Waals surface area contributed by atoms with Crippen molar-refractivity contribution in [2.24, 2.45) is 0 Å². The average molecular weight is 208 g/mol. The molecule has 2 rings (SSSR count). The zero-order valence-electron chi connectivity index (χ0n) is 9.12. The van der Waals surface area contributed by atoms with Crippen molar-refractivity contribution in [2.75, 3.05) is 26.8 Å². The molecule has 0 spiro atoms. The first-order chi connectivity index (χ1) is 7.31.